The van der Waals surface area contributed by atoms with Crippen molar-refractivity contribution in [1.82, 2.24) is 0 Å². The number of hydrogen-bond acceptors (Lipinski definition) is 5. The number of hydrogen-bond donors (Lipinski definition) is 0. The van der Waals surface area contributed by atoms with E-state index >= 15 is 0 Å². The number of carbonyl (C=O) groups excluding carboxylic acids is 1. The fraction of sp³-hybridized carbons (Fsp3) is 0.588. The molecule has 1 heterocycles. The molecule has 2 rings (SSSR count). The first-order valence-electron chi connectivity index (χ1n) is 7.58. The molecule has 0 spiro atoms. The third kappa shape index (κ3) is 3.04. The van der Waals surface area contributed by atoms with E-state index < -0.39 is 6.10 Å². The van der Waals surface area contributed by atoms with Crippen molar-refractivity contribution in [2.24, 2.45) is 0 Å². The van der Waals surface area contributed by atoms with Crippen LogP contribution in [0.25, 0.3) is 0 Å². The topological polar surface area (TPSA) is 54.0 Å². The Bertz CT molecular complexity index is 565. The summed E-state index contributed by atoms with van der Waals surface area (Å²) in [7, 11) is 1.60. The number of rotatable bonds is 5. The lowest BCUT2D eigenvalue weighted by molar-refractivity contribution is -0.152. The monoisotopic (exact) mass is 308 g/mol. The van der Waals surface area contributed by atoms with Gasteiger partial charge in [-0.25, -0.2) is 4.79 Å². The summed E-state index contributed by atoms with van der Waals surface area (Å²) in [4.78, 5) is 11.9. The van der Waals surface area contributed by atoms with Crippen molar-refractivity contribution in [1.29, 1.82) is 0 Å². The molecule has 0 saturated heterocycles. The summed E-state index contributed by atoms with van der Waals surface area (Å²) in [6.45, 7) is 8.38. The first-order chi connectivity index (χ1) is 10.5. The molecule has 1 aliphatic rings. The Morgan fingerprint density at radius 1 is 1.23 bits per heavy atom. The Hall–Kier alpha value is -1.75. The van der Waals surface area contributed by atoms with Crippen molar-refractivity contribution in [3.05, 3.63) is 22.3 Å². The summed E-state index contributed by atoms with van der Waals surface area (Å²) in [5.74, 6) is 1.35. The maximum Gasteiger partial charge on any atom is 0.347 e. The van der Waals surface area contributed by atoms with Crippen LogP contribution in [-0.4, -0.2) is 32.6 Å². The standard InChI is InChI=1S/C17H24O5/c1-6-20-17(18)14-8-7-13-12(4)15(21-9-19-5)10(2)11(3)16(13)22-14/h14H,6-9H2,1-5H3. The third-order valence-electron chi connectivity index (χ3n) is 4.10. The van der Waals surface area contributed by atoms with Crippen molar-refractivity contribution < 1.29 is 23.7 Å². The van der Waals surface area contributed by atoms with Gasteiger partial charge in [0.15, 0.2) is 12.9 Å². The second kappa shape index (κ2) is 7.01. The second-order valence-corrected chi connectivity index (χ2v) is 5.46. The molecule has 1 aromatic carbocycles. The van der Waals surface area contributed by atoms with Gasteiger partial charge in [0, 0.05) is 12.7 Å². The van der Waals surface area contributed by atoms with Crippen molar-refractivity contribution in [3.8, 4) is 11.5 Å². The van der Waals surface area contributed by atoms with E-state index in [0.29, 0.717) is 13.0 Å². The summed E-state index contributed by atoms with van der Waals surface area (Å²) in [6.07, 6.45) is 0.879. The van der Waals surface area contributed by atoms with Crippen molar-refractivity contribution >= 4 is 5.97 Å². The van der Waals surface area contributed by atoms with Crippen LogP contribution in [-0.2, 0) is 20.7 Å². The Kier molecular flexibility index (Phi) is 5.29. The maximum atomic E-state index is 11.9. The van der Waals surface area contributed by atoms with Crippen LogP contribution in [0, 0.1) is 20.8 Å². The Balaban J connectivity index is 2.35. The molecule has 1 unspecified atom stereocenters. The van der Waals surface area contributed by atoms with Gasteiger partial charge in [-0.3, -0.25) is 0 Å². The SMILES string of the molecule is CCOC(=O)C1CCc2c(C)c(OCOC)c(C)c(C)c2O1. The highest BCUT2D eigenvalue weighted by Gasteiger charge is 2.31. The molecule has 1 aliphatic heterocycles. The highest BCUT2D eigenvalue weighted by atomic mass is 16.7. The minimum Gasteiger partial charge on any atom is -0.478 e. The fourth-order valence-electron chi connectivity index (χ4n) is 2.83. The summed E-state index contributed by atoms with van der Waals surface area (Å²) < 4.78 is 21.7. The normalized spacial score (nSPS) is 16.7. The highest BCUT2D eigenvalue weighted by Crippen LogP contribution is 2.41. The van der Waals surface area contributed by atoms with Crippen LogP contribution >= 0.6 is 0 Å². The zero-order valence-corrected chi connectivity index (χ0v) is 13.9. The molecule has 0 radical (unpaired) electrons. The van der Waals surface area contributed by atoms with Gasteiger partial charge in [0.05, 0.1) is 6.61 Å². The number of esters is 1. The van der Waals surface area contributed by atoms with Crippen LogP contribution in [0.2, 0.25) is 0 Å². The molecular weight excluding hydrogens is 284 g/mol. The van der Waals surface area contributed by atoms with Gasteiger partial charge < -0.3 is 18.9 Å². The smallest absolute Gasteiger partial charge is 0.347 e. The lowest BCUT2D eigenvalue weighted by Gasteiger charge is -2.29. The van der Waals surface area contributed by atoms with Gasteiger partial charge >= 0.3 is 5.97 Å². The number of benzene rings is 1. The molecule has 0 fully saturated rings. The Labute approximate surface area is 131 Å². The fourth-order valence-corrected chi connectivity index (χ4v) is 2.83. The van der Waals surface area contributed by atoms with Crippen molar-refractivity contribution in [3.63, 3.8) is 0 Å². The number of methoxy groups -OCH3 is 1. The molecule has 1 atom stereocenters. The third-order valence-corrected chi connectivity index (χ3v) is 4.10. The molecule has 0 aromatic heterocycles. The molecule has 1 aromatic rings. The maximum absolute atomic E-state index is 11.9. The molecule has 122 valence electrons. The van der Waals surface area contributed by atoms with Crippen LogP contribution in [0.5, 0.6) is 11.5 Å². The van der Waals surface area contributed by atoms with Gasteiger partial charge in [0.25, 0.3) is 0 Å². The van der Waals surface area contributed by atoms with E-state index in [1.807, 2.05) is 20.8 Å². The van der Waals surface area contributed by atoms with E-state index in [0.717, 1.165) is 40.2 Å². The first-order valence-corrected chi connectivity index (χ1v) is 7.58. The predicted molar refractivity (Wildman–Crippen MR) is 82.5 cm³/mol. The zero-order chi connectivity index (χ0) is 16.3. The minimum atomic E-state index is -0.518. The summed E-state index contributed by atoms with van der Waals surface area (Å²) >= 11 is 0. The minimum absolute atomic E-state index is 0.214. The average Bonchev–Trinajstić information content (AvgIpc) is 2.52. The van der Waals surface area contributed by atoms with E-state index in [4.69, 9.17) is 18.9 Å². The van der Waals surface area contributed by atoms with Gasteiger partial charge in [-0.05, 0) is 57.2 Å². The summed E-state index contributed by atoms with van der Waals surface area (Å²) in [6, 6.07) is 0. The van der Waals surface area contributed by atoms with Crippen LogP contribution in [0.15, 0.2) is 0 Å². The van der Waals surface area contributed by atoms with E-state index in [1.165, 1.54) is 0 Å². The van der Waals surface area contributed by atoms with E-state index in [9.17, 15) is 4.79 Å². The molecule has 0 aliphatic carbocycles. The number of fused-ring (bicyclic) bond motifs is 1. The number of ether oxygens (including phenoxy) is 4. The largest absolute Gasteiger partial charge is 0.478 e. The van der Waals surface area contributed by atoms with Crippen molar-refractivity contribution in [2.75, 3.05) is 20.5 Å². The molecule has 5 nitrogen and oxygen atoms in total. The molecule has 22 heavy (non-hydrogen) atoms. The Morgan fingerprint density at radius 2 is 1.95 bits per heavy atom. The van der Waals surface area contributed by atoms with Gasteiger partial charge in [-0.1, -0.05) is 0 Å². The van der Waals surface area contributed by atoms with Gasteiger partial charge in [-0.2, -0.15) is 0 Å². The number of carbonyl (C=O) groups is 1. The molecule has 0 saturated carbocycles. The quantitative estimate of drug-likeness (QED) is 0.618. The molecule has 0 bridgehead atoms. The van der Waals surface area contributed by atoms with Gasteiger partial charge in [0.2, 0.25) is 0 Å². The highest BCUT2D eigenvalue weighted by molar-refractivity contribution is 5.76. The van der Waals surface area contributed by atoms with E-state index in [-0.39, 0.29) is 12.8 Å². The molecular formula is C17H24O5. The van der Waals surface area contributed by atoms with Crippen LogP contribution in [0.4, 0.5) is 0 Å². The average molecular weight is 308 g/mol. The molecule has 0 N–H and O–H groups in total. The molecule has 0 amide bonds. The molecule has 5 heteroatoms. The van der Waals surface area contributed by atoms with E-state index in [1.54, 1.807) is 14.0 Å². The summed E-state index contributed by atoms with van der Waals surface area (Å²) in [5, 5.41) is 0. The lowest BCUT2D eigenvalue weighted by atomic mass is 9.91. The van der Waals surface area contributed by atoms with Gasteiger partial charge in [0.1, 0.15) is 11.5 Å². The van der Waals surface area contributed by atoms with E-state index in [2.05, 4.69) is 0 Å². The van der Waals surface area contributed by atoms with Crippen LogP contribution in [0.1, 0.15) is 35.6 Å². The van der Waals surface area contributed by atoms with Crippen molar-refractivity contribution in [2.45, 2.75) is 46.6 Å². The van der Waals surface area contributed by atoms with Gasteiger partial charge in [-0.15, -0.1) is 0 Å². The zero-order valence-electron chi connectivity index (χ0n) is 13.9. The first kappa shape index (κ1) is 16.6. The second-order valence-electron chi connectivity index (χ2n) is 5.46. The van der Waals surface area contributed by atoms with Crippen LogP contribution in [0.3, 0.4) is 0 Å². The predicted octanol–water partition coefficient (Wildman–Crippen LogP) is 2.85. The Morgan fingerprint density at radius 3 is 2.59 bits per heavy atom. The summed E-state index contributed by atoms with van der Waals surface area (Å²) in [5.41, 5.74) is 4.17. The van der Waals surface area contributed by atoms with Crippen LogP contribution < -0.4 is 9.47 Å². The lowest BCUT2D eigenvalue weighted by Crippen LogP contribution is -2.33.